The van der Waals surface area contributed by atoms with E-state index in [1.807, 2.05) is 24.8 Å². The highest BCUT2D eigenvalue weighted by Gasteiger charge is 2.25. The molecule has 0 bridgehead atoms. The van der Waals surface area contributed by atoms with Gasteiger partial charge in [-0.05, 0) is 39.1 Å². The standard InChI is InChI=1S/C25H26FN7O3/c1-14-24(15(2)36-32-14)20-9-23(33-11-21-22(12-33)29-7-6-28-21)31-25(30-20)18-8-17(4-5-19(18)26)35-13-16(34)10-27-3/h4-9,16,27,34H,10-13H2,1-3H3/t16-/m1/s1. The molecule has 4 aromatic rings. The molecule has 2 N–H and O–H groups in total. The van der Waals surface area contributed by atoms with Crippen molar-refractivity contribution in [2.45, 2.75) is 33.0 Å². The molecule has 0 fully saturated rings. The van der Waals surface area contributed by atoms with Crippen LogP contribution in [0.15, 0.2) is 41.2 Å². The maximum Gasteiger partial charge on any atom is 0.165 e. The first-order valence-corrected chi connectivity index (χ1v) is 11.5. The summed E-state index contributed by atoms with van der Waals surface area (Å²) in [6, 6.07) is 6.20. The van der Waals surface area contributed by atoms with E-state index < -0.39 is 11.9 Å². The normalized spacial score (nSPS) is 13.6. The monoisotopic (exact) mass is 491 g/mol. The predicted molar refractivity (Wildman–Crippen MR) is 130 cm³/mol. The number of aliphatic hydroxyl groups excluding tert-OH is 1. The number of hydrogen-bond acceptors (Lipinski definition) is 10. The Labute approximate surface area is 207 Å². The first kappa shape index (κ1) is 23.8. The SMILES string of the molecule is CNC[C@@H](O)COc1ccc(F)c(-c2nc(-c3c(C)noc3C)cc(N3Cc4nccnc4C3)n2)c1. The number of aliphatic hydroxyl groups is 1. The van der Waals surface area contributed by atoms with E-state index in [1.54, 1.807) is 25.5 Å². The van der Waals surface area contributed by atoms with Crippen molar-refractivity contribution in [3.63, 3.8) is 0 Å². The summed E-state index contributed by atoms with van der Waals surface area (Å²) in [5.74, 6) is 1.31. The third kappa shape index (κ3) is 4.75. The van der Waals surface area contributed by atoms with Gasteiger partial charge in [-0.2, -0.15) is 0 Å². The van der Waals surface area contributed by atoms with Gasteiger partial charge < -0.3 is 24.6 Å². The van der Waals surface area contributed by atoms with Crippen molar-refractivity contribution in [2.24, 2.45) is 0 Å². The van der Waals surface area contributed by atoms with Crippen LogP contribution in [0, 0.1) is 19.7 Å². The van der Waals surface area contributed by atoms with Gasteiger partial charge in [-0.15, -0.1) is 0 Å². The Balaban J connectivity index is 1.56. The molecule has 0 radical (unpaired) electrons. The number of benzene rings is 1. The molecule has 186 valence electrons. The Morgan fingerprint density at radius 1 is 1.14 bits per heavy atom. The second-order valence-electron chi connectivity index (χ2n) is 8.60. The van der Waals surface area contributed by atoms with Gasteiger partial charge in [0, 0.05) is 25.0 Å². The minimum atomic E-state index is -0.701. The van der Waals surface area contributed by atoms with Gasteiger partial charge in [0.05, 0.1) is 47.0 Å². The van der Waals surface area contributed by atoms with E-state index in [2.05, 4.69) is 20.4 Å². The topological polar surface area (TPSA) is 122 Å². The Bertz CT molecular complexity index is 1350. The van der Waals surface area contributed by atoms with Crippen molar-refractivity contribution in [1.82, 2.24) is 30.4 Å². The molecule has 36 heavy (non-hydrogen) atoms. The zero-order valence-corrected chi connectivity index (χ0v) is 20.2. The molecule has 1 atom stereocenters. The summed E-state index contributed by atoms with van der Waals surface area (Å²) in [6.07, 6.45) is 2.63. The summed E-state index contributed by atoms with van der Waals surface area (Å²) in [4.78, 5) is 20.3. The number of rotatable bonds is 8. The third-order valence-corrected chi connectivity index (χ3v) is 5.93. The first-order valence-electron chi connectivity index (χ1n) is 11.5. The molecule has 1 aliphatic rings. The molecule has 4 heterocycles. The highest BCUT2D eigenvalue weighted by atomic mass is 19.1. The molecular weight excluding hydrogens is 465 g/mol. The number of likely N-dealkylation sites (N-methyl/N-ethyl adjacent to an activating group) is 1. The van der Waals surface area contributed by atoms with Gasteiger partial charge in [-0.1, -0.05) is 5.16 Å². The number of hydrogen-bond donors (Lipinski definition) is 2. The van der Waals surface area contributed by atoms with E-state index in [-0.39, 0.29) is 18.0 Å². The fourth-order valence-corrected chi connectivity index (χ4v) is 4.19. The van der Waals surface area contributed by atoms with Gasteiger partial charge in [-0.25, -0.2) is 14.4 Å². The van der Waals surface area contributed by atoms with E-state index in [9.17, 15) is 5.11 Å². The van der Waals surface area contributed by atoms with Crippen LogP contribution in [0.4, 0.5) is 10.2 Å². The number of fused-ring (bicyclic) bond motifs is 1. The van der Waals surface area contributed by atoms with Crippen LogP contribution in [0.3, 0.4) is 0 Å². The van der Waals surface area contributed by atoms with Crippen LogP contribution >= 0.6 is 0 Å². The molecule has 3 aromatic heterocycles. The van der Waals surface area contributed by atoms with Gasteiger partial charge in [0.15, 0.2) is 5.82 Å². The fraction of sp³-hybridized carbons (Fsp3) is 0.320. The number of nitrogens with one attached hydrogen (secondary N) is 1. The molecule has 10 nitrogen and oxygen atoms in total. The summed E-state index contributed by atoms with van der Waals surface area (Å²) in [5.41, 5.74) is 3.90. The summed E-state index contributed by atoms with van der Waals surface area (Å²) in [5, 5.41) is 16.9. The third-order valence-electron chi connectivity index (χ3n) is 5.93. The largest absolute Gasteiger partial charge is 0.491 e. The molecule has 0 amide bonds. The van der Waals surface area contributed by atoms with Crippen LogP contribution in [0.1, 0.15) is 22.8 Å². The number of nitrogens with zero attached hydrogens (tertiary/aromatic N) is 6. The smallest absolute Gasteiger partial charge is 0.165 e. The first-order chi connectivity index (χ1) is 17.4. The summed E-state index contributed by atoms with van der Waals surface area (Å²) in [6.45, 7) is 5.12. The lowest BCUT2D eigenvalue weighted by molar-refractivity contribution is 0.108. The minimum absolute atomic E-state index is 0.0587. The zero-order valence-electron chi connectivity index (χ0n) is 20.2. The average Bonchev–Trinajstić information content (AvgIpc) is 3.46. The van der Waals surface area contributed by atoms with Gasteiger partial charge in [-0.3, -0.25) is 9.97 Å². The molecule has 0 unspecified atom stereocenters. The van der Waals surface area contributed by atoms with Gasteiger partial charge in [0.2, 0.25) is 0 Å². The Hall–Kier alpha value is -3.96. The molecule has 0 saturated heterocycles. The van der Waals surface area contributed by atoms with E-state index in [1.165, 1.54) is 12.1 Å². The summed E-state index contributed by atoms with van der Waals surface area (Å²) >= 11 is 0. The molecule has 5 rings (SSSR count). The molecule has 0 spiro atoms. The molecule has 11 heteroatoms. The van der Waals surface area contributed by atoms with E-state index >= 15 is 4.39 Å². The quantitative estimate of drug-likeness (QED) is 0.380. The van der Waals surface area contributed by atoms with Crippen LogP contribution < -0.4 is 15.0 Å². The van der Waals surface area contributed by atoms with Crippen molar-refractivity contribution >= 4 is 5.82 Å². The number of anilines is 1. The molecule has 0 aliphatic carbocycles. The molecule has 0 saturated carbocycles. The van der Waals surface area contributed by atoms with E-state index in [0.717, 1.165) is 17.0 Å². The second kappa shape index (κ2) is 9.96. The van der Waals surface area contributed by atoms with Crippen molar-refractivity contribution in [3.05, 3.63) is 65.3 Å². The van der Waals surface area contributed by atoms with Crippen molar-refractivity contribution in [1.29, 1.82) is 0 Å². The summed E-state index contributed by atoms with van der Waals surface area (Å²) in [7, 11) is 1.74. The maximum atomic E-state index is 15.1. The van der Waals surface area contributed by atoms with Crippen LogP contribution in [-0.2, 0) is 13.1 Å². The number of halogens is 1. The maximum absolute atomic E-state index is 15.1. The van der Waals surface area contributed by atoms with Crippen molar-refractivity contribution < 1.29 is 18.8 Å². The van der Waals surface area contributed by atoms with E-state index in [4.69, 9.17) is 19.2 Å². The summed E-state index contributed by atoms with van der Waals surface area (Å²) < 4.78 is 26.1. The highest BCUT2D eigenvalue weighted by molar-refractivity contribution is 5.71. The fourth-order valence-electron chi connectivity index (χ4n) is 4.19. The average molecular weight is 492 g/mol. The predicted octanol–water partition coefficient (Wildman–Crippen LogP) is 2.82. The Morgan fingerprint density at radius 2 is 1.89 bits per heavy atom. The molecular formula is C25H26FN7O3. The van der Waals surface area contributed by atoms with E-state index in [0.29, 0.717) is 48.3 Å². The number of aryl methyl sites for hydroxylation is 2. The minimum Gasteiger partial charge on any atom is -0.491 e. The van der Waals surface area contributed by atoms with Gasteiger partial charge in [0.1, 0.15) is 35.9 Å². The zero-order chi connectivity index (χ0) is 25.2. The van der Waals surface area contributed by atoms with Crippen LogP contribution in [0.25, 0.3) is 22.6 Å². The van der Waals surface area contributed by atoms with Crippen molar-refractivity contribution in [2.75, 3.05) is 25.1 Å². The lowest BCUT2D eigenvalue weighted by Crippen LogP contribution is -2.29. The second-order valence-corrected chi connectivity index (χ2v) is 8.60. The van der Waals surface area contributed by atoms with Crippen LogP contribution in [0.5, 0.6) is 5.75 Å². The van der Waals surface area contributed by atoms with Gasteiger partial charge in [0.25, 0.3) is 0 Å². The Morgan fingerprint density at radius 3 is 2.56 bits per heavy atom. The van der Waals surface area contributed by atoms with Crippen LogP contribution in [-0.4, -0.2) is 56.5 Å². The number of ether oxygens (including phenoxy) is 1. The Kier molecular flexibility index (Phi) is 6.57. The highest BCUT2D eigenvalue weighted by Crippen LogP contribution is 2.34. The molecule has 1 aliphatic heterocycles. The van der Waals surface area contributed by atoms with Crippen molar-refractivity contribution in [3.8, 4) is 28.4 Å². The lowest BCUT2D eigenvalue weighted by atomic mass is 10.1. The number of aromatic nitrogens is 5. The van der Waals surface area contributed by atoms with Gasteiger partial charge >= 0.3 is 0 Å². The van der Waals surface area contributed by atoms with Crippen LogP contribution in [0.2, 0.25) is 0 Å². The molecule has 1 aromatic carbocycles. The lowest BCUT2D eigenvalue weighted by Gasteiger charge is -2.18.